The smallest absolute Gasteiger partial charge is 0.126 e. The second-order valence-electron chi connectivity index (χ2n) is 4.26. The summed E-state index contributed by atoms with van der Waals surface area (Å²) in [7, 11) is 3.26. The van der Waals surface area contributed by atoms with Crippen molar-refractivity contribution in [2.75, 3.05) is 20.8 Å². The molecule has 0 heterocycles. The Balaban J connectivity index is 3.12. The molecule has 90 valence electrons. The fraction of sp³-hybridized carbons (Fsp3) is 0.500. The van der Waals surface area contributed by atoms with Crippen molar-refractivity contribution >= 4 is 0 Å². The van der Waals surface area contributed by atoms with Crippen molar-refractivity contribution in [1.82, 2.24) is 0 Å². The van der Waals surface area contributed by atoms with E-state index >= 15 is 0 Å². The van der Waals surface area contributed by atoms with Crippen molar-refractivity contribution in [3.05, 3.63) is 23.8 Å². The summed E-state index contributed by atoms with van der Waals surface area (Å²) in [5, 5.41) is 0. The molecule has 2 N–H and O–H groups in total. The van der Waals surface area contributed by atoms with Crippen molar-refractivity contribution in [1.29, 1.82) is 0 Å². The van der Waals surface area contributed by atoms with E-state index in [1.54, 1.807) is 14.2 Å². The van der Waals surface area contributed by atoms with Crippen molar-refractivity contribution in [3.63, 3.8) is 0 Å². The molecule has 1 aromatic carbocycles. The van der Waals surface area contributed by atoms with Crippen LogP contribution in [0, 0.1) is 0 Å². The van der Waals surface area contributed by atoms with E-state index in [2.05, 4.69) is 0 Å². The van der Waals surface area contributed by atoms with Gasteiger partial charge in [0.25, 0.3) is 0 Å². The third kappa shape index (κ3) is 2.65. The second kappa shape index (κ2) is 5.18. The number of methoxy groups -OCH3 is 2. The Morgan fingerprint density at radius 2 is 1.88 bits per heavy atom. The van der Waals surface area contributed by atoms with Gasteiger partial charge >= 0.3 is 0 Å². The molecule has 0 spiro atoms. The summed E-state index contributed by atoms with van der Waals surface area (Å²) in [5.41, 5.74) is 0.841. The number of ether oxygens (including phenoxy) is 2. The summed E-state index contributed by atoms with van der Waals surface area (Å²) in [6, 6.07) is 5.72. The Hall–Kier alpha value is -1.26. The fourth-order valence-electron chi connectivity index (χ4n) is 1.64. The van der Waals surface area contributed by atoms with Gasteiger partial charge in [-0.25, -0.2) is 5.90 Å². The molecule has 0 aliphatic heterocycles. The molecule has 0 aliphatic rings. The van der Waals surface area contributed by atoms with Crippen molar-refractivity contribution < 1.29 is 14.3 Å². The van der Waals surface area contributed by atoms with Crippen LogP contribution in [0.5, 0.6) is 11.5 Å². The molecule has 0 amide bonds. The highest BCUT2D eigenvalue weighted by Crippen LogP contribution is 2.34. The van der Waals surface area contributed by atoms with Gasteiger partial charge in [0, 0.05) is 17.0 Å². The van der Waals surface area contributed by atoms with E-state index in [4.69, 9.17) is 20.2 Å². The summed E-state index contributed by atoms with van der Waals surface area (Å²) in [5.74, 6) is 6.68. The standard InChI is InChI=1S/C12H19NO3/c1-12(2,8-16-13)10-6-5-9(14-3)7-11(10)15-4/h5-7H,8,13H2,1-4H3. The Morgan fingerprint density at radius 3 is 2.38 bits per heavy atom. The second-order valence-corrected chi connectivity index (χ2v) is 4.26. The SMILES string of the molecule is COc1ccc(C(C)(C)CON)c(OC)c1. The number of hydrogen-bond donors (Lipinski definition) is 1. The monoisotopic (exact) mass is 225 g/mol. The lowest BCUT2D eigenvalue weighted by molar-refractivity contribution is 0.0954. The third-order valence-corrected chi connectivity index (χ3v) is 2.58. The lowest BCUT2D eigenvalue weighted by Crippen LogP contribution is -2.26. The highest BCUT2D eigenvalue weighted by atomic mass is 16.6. The number of rotatable bonds is 5. The van der Waals surface area contributed by atoms with Crippen LogP contribution in [0.25, 0.3) is 0 Å². The molecule has 0 radical (unpaired) electrons. The molecule has 0 atom stereocenters. The van der Waals surface area contributed by atoms with Crippen LogP contribution in [0.4, 0.5) is 0 Å². The van der Waals surface area contributed by atoms with Crippen molar-refractivity contribution in [2.45, 2.75) is 19.3 Å². The van der Waals surface area contributed by atoms with Crippen LogP contribution in [0.3, 0.4) is 0 Å². The van der Waals surface area contributed by atoms with Gasteiger partial charge in [-0.15, -0.1) is 0 Å². The fourth-order valence-corrected chi connectivity index (χ4v) is 1.64. The predicted octanol–water partition coefficient (Wildman–Crippen LogP) is 1.87. The van der Waals surface area contributed by atoms with Crippen LogP contribution in [0.1, 0.15) is 19.4 Å². The number of benzene rings is 1. The largest absolute Gasteiger partial charge is 0.497 e. The van der Waals surface area contributed by atoms with Crippen LogP contribution in [-0.4, -0.2) is 20.8 Å². The molecule has 1 rings (SSSR count). The minimum atomic E-state index is -0.202. The van der Waals surface area contributed by atoms with E-state index in [0.29, 0.717) is 6.61 Å². The van der Waals surface area contributed by atoms with Gasteiger partial charge in [-0.2, -0.15) is 0 Å². The van der Waals surface area contributed by atoms with Gasteiger partial charge in [0.2, 0.25) is 0 Å². The topological polar surface area (TPSA) is 53.7 Å². The summed E-state index contributed by atoms with van der Waals surface area (Å²) in [4.78, 5) is 4.73. The molecule has 0 unspecified atom stereocenters. The molecule has 16 heavy (non-hydrogen) atoms. The Morgan fingerprint density at radius 1 is 1.19 bits per heavy atom. The van der Waals surface area contributed by atoms with E-state index in [0.717, 1.165) is 17.1 Å². The first kappa shape index (κ1) is 12.8. The minimum Gasteiger partial charge on any atom is -0.497 e. The van der Waals surface area contributed by atoms with Crippen LogP contribution < -0.4 is 15.4 Å². The maximum atomic E-state index is 5.34. The Kier molecular flexibility index (Phi) is 4.15. The van der Waals surface area contributed by atoms with E-state index in [1.807, 2.05) is 32.0 Å². The van der Waals surface area contributed by atoms with Crippen LogP contribution in [0.15, 0.2) is 18.2 Å². The van der Waals surface area contributed by atoms with Gasteiger partial charge < -0.3 is 14.3 Å². The van der Waals surface area contributed by atoms with Gasteiger partial charge in [0.1, 0.15) is 11.5 Å². The van der Waals surface area contributed by atoms with Crippen LogP contribution in [-0.2, 0) is 10.3 Å². The third-order valence-electron chi connectivity index (χ3n) is 2.58. The van der Waals surface area contributed by atoms with E-state index in [9.17, 15) is 0 Å². The summed E-state index contributed by atoms with van der Waals surface area (Å²) < 4.78 is 10.5. The zero-order valence-corrected chi connectivity index (χ0v) is 10.2. The molecular formula is C12H19NO3. The number of nitrogens with two attached hydrogens (primary N) is 1. The molecule has 0 saturated carbocycles. The maximum Gasteiger partial charge on any atom is 0.126 e. The molecule has 1 aromatic rings. The average Bonchev–Trinajstić information content (AvgIpc) is 2.28. The first-order chi connectivity index (χ1) is 7.55. The van der Waals surface area contributed by atoms with Gasteiger partial charge in [0.15, 0.2) is 0 Å². The maximum absolute atomic E-state index is 5.34. The lowest BCUT2D eigenvalue weighted by atomic mass is 9.85. The highest BCUT2D eigenvalue weighted by Gasteiger charge is 2.25. The van der Waals surface area contributed by atoms with Crippen LogP contribution >= 0.6 is 0 Å². The number of hydrogen-bond acceptors (Lipinski definition) is 4. The first-order valence-corrected chi connectivity index (χ1v) is 5.09. The van der Waals surface area contributed by atoms with Crippen molar-refractivity contribution in [3.8, 4) is 11.5 Å². The van der Waals surface area contributed by atoms with E-state index in [-0.39, 0.29) is 5.41 Å². The molecule has 4 nitrogen and oxygen atoms in total. The van der Waals surface area contributed by atoms with Gasteiger partial charge in [-0.3, -0.25) is 0 Å². The van der Waals surface area contributed by atoms with Gasteiger partial charge in [0.05, 0.1) is 20.8 Å². The Bertz CT molecular complexity index is 350. The quantitative estimate of drug-likeness (QED) is 0.777. The molecule has 0 aromatic heterocycles. The van der Waals surface area contributed by atoms with Crippen LogP contribution in [0.2, 0.25) is 0 Å². The summed E-state index contributed by atoms with van der Waals surface area (Å²) in [6.07, 6.45) is 0. The molecule has 0 bridgehead atoms. The molecule has 0 aliphatic carbocycles. The van der Waals surface area contributed by atoms with E-state index < -0.39 is 0 Å². The van der Waals surface area contributed by atoms with Gasteiger partial charge in [-0.1, -0.05) is 19.9 Å². The Labute approximate surface area is 96.3 Å². The first-order valence-electron chi connectivity index (χ1n) is 5.09. The summed E-state index contributed by atoms with van der Waals surface area (Å²) in [6.45, 7) is 4.52. The molecule has 4 heteroatoms. The molecule has 0 saturated heterocycles. The highest BCUT2D eigenvalue weighted by molar-refractivity contribution is 5.44. The van der Waals surface area contributed by atoms with Crippen molar-refractivity contribution in [2.24, 2.45) is 5.90 Å². The zero-order chi connectivity index (χ0) is 12.2. The lowest BCUT2D eigenvalue weighted by Gasteiger charge is -2.26. The summed E-state index contributed by atoms with van der Waals surface area (Å²) >= 11 is 0. The average molecular weight is 225 g/mol. The van der Waals surface area contributed by atoms with E-state index in [1.165, 1.54) is 0 Å². The van der Waals surface area contributed by atoms with Gasteiger partial charge in [-0.05, 0) is 6.07 Å². The molecule has 0 fully saturated rings. The zero-order valence-electron chi connectivity index (χ0n) is 10.2. The molecular weight excluding hydrogens is 206 g/mol. The predicted molar refractivity (Wildman–Crippen MR) is 62.7 cm³/mol. The normalized spacial score (nSPS) is 11.3. The minimum absolute atomic E-state index is 0.202.